The first-order valence-electron chi connectivity index (χ1n) is 10.6. The third-order valence-electron chi connectivity index (χ3n) is 5.41. The van der Waals surface area contributed by atoms with Gasteiger partial charge in [-0.1, -0.05) is 24.3 Å². The van der Waals surface area contributed by atoms with E-state index in [-0.39, 0.29) is 17.6 Å². The number of halogens is 3. The van der Waals surface area contributed by atoms with Crippen LogP contribution >= 0.6 is 11.3 Å². The number of anilines is 1. The van der Waals surface area contributed by atoms with Gasteiger partial charge < -0.3 is 15.0 Å². The summed E-state index contributed by atoms with van der Waals surface area (Å²) in [7, 11) is 0. The number of benzene rings is 2. The molecule has 178 valence electrons. The Balaban J connectivity index is 1.33. The highest BCUT2D eigenvalue weighted by molar-refractivity contribution is 7.08. The van der Waals surface area contributed by atoms with E-state index in [1.165, 1.54) is 23.5 Å². The molecule has 0 spiro atoms. The maximum atomic E-state index is 13.2. The fraction of sp³-hybridized carbons (Fsp3) is 0.250. The van der Waals surface area contributed by atoms with Crippen LogP contribution in [-0.2, 0) is 6.54 Å². The maximum Gasteiger partial charge on any atom is 0.573 e. The van der Waals surface area contributed by atoms with Crippen molar-refractivity contribution in [1.82, 2.24) is 9.80 Å². The molecule has 6 nitrogen and oxygen atoms in total. The number of nitrogens with zero attached hydrogens (tertiary/aromatic N) is 2. The summed E-state index contributed by atoms with van der Waals surface area (Å²) in [6.07, 6.45) is -4.71. The molecule has 1 saturated heterocycles. The summed E-state index contributed by atoms with van der Waals surface area (Å²) >= 11 is 1.42. The first-order valence-corrected chi connectivity index (χ1v) is 11.5. The van der Waals surface area contributed by atoms with Gasteiger partial charge in [0.25, 0.3) is 11.8 Å². The van der Waals surface area contributed by atoms with Crippen molar-refractivity contribution in [3.05, 3.63) is 82.0 Å². The van der Waals surface area contributed by atoms with Gasteiger partial charge in [0.05, 0.1) is 16.8 Å². The van der Waals surface area contributed by atoms with E-state index in [0.29, 0.717) is 49.5 Å². The maximum absolute atomic E-state index is 13.2. The second kappa shape index (κ2) is 10.3. The number of amides is 2. The summed E-state index contributed by atoms with van der Waals surface area (Å²) in [6.45, 7) is 2.80. The monoisotopic (exact) mass is 489 g/mol. The van der Waals surface area contributed by atoms with E-state index < -0.39 is 6.36 Å². The Kier molecular flexibility index (Phi) is 7.18. The Morgan fingerprint density at radius 1 is 0.971 bits per heavy atom. The molecule has 2 heterocycles. The fourth-order valence-electron chi connectivity index (χ4n) is 3.70. The molecule has 0 aliphatic carbocycles. The van der Waals surface area contributed by atoms with Gasteiger partial charge in [-0.15, -0.1) is 13.2 Å². The van der Waals surface area contributed by atoms with E-state index in [1.54, 1.807) is 52.7 Å². The Labute approximate surface area is 198 Å². The summed E-state index contributed by atoms with van der Waals surface area (Å²) in [4.78, 5) is 29.5. The predicted molar refractivity (Wildman–Crippen MR) is 123 cm³/mol. The largest absolute Gasteiger partial charge is 0.573 e. The molecule has 0 saturated carbocycles. The highest BCUT2D eigenvalue weighted by Crippen LogP contribution is 2.24. The lowest BCUT2D eigenvalue weighted by atomic mass is 10.1. The third kappa shape index (κ3) is 6.15. The summed E-state index contributed by atoms with van der Waals surface area (Å²) in [5, 5.41) is 6.38. The van der Waals surface area contributed by atoms with Crippen molar-refractivity contribution in [1.29, 1.82) is 0 Å². The van der Waals surface area contributed by atoms with E-state index in [2.05, 4.69) is 15.0 Å². The Morgan fingerprint density at radius 2 is 1.68 bits per heavy atom. The van der Waals surface area contributed by atoms with Gasteiger partial charge in [-0.25, -0.2) is 0 Å². The first-order chi connectivity index (χ1) is 16.3. The number of ether oxygens (including phenoxy) is 1. The average molecular weight is 490 g/mol. The van der Waals surface area contributed by atoms with Crippen LogP contribution in [0.4, 0.5) is 18.9 Å². The molecule has 2 aromatic carbocycles. The van der Waals surface area contributed by atoms with Crippen LogP contribution in [0.5, 0.6) is 5.75 Å². The smallest absolute Gasteiger partial charge is 0.406 e. The molecule has 0 atom stereocenters. The van der Waals surface area contributed by atoms with E-state index in [1.807, 2.05) is 5.38 Å². The second-order valence-corrected chi connectivity index (χ2v) is 8.55. The van der Waals surface area contributed by atoms with Crippen LogP contribution in [0.1, 0.15) is 26.3 Å². The molecule has 1 aromatic heterocycles. The molecule has 0 bridgehead atoms. The molecule has 34 heavy (non-hydrogen) atoms. The molecule has 1 aliphatic heterocycles. The molecule has 2 amide bonds. The van der Waals surface area contributed by atoms with E-state index in [4.69, 9.17) is 0 Å². The van der Waals surface area contributed by atoms with Crippen LogP contribution < -0.4 is 10.1 Å². The number of alkyl halides is 3. The molecule has 4 rings (SSSR count). The molecule has 3 aromatic rings. The summed E-state index contributed by atoms with van der Waals surface area (Å²) in [6, 6.07) is 14.5. The average Bonchev–Trinajstić information content (AvgIpc) is 3.35. The predicted octanol–water partition coefficient (Wildman–Crippen LogP) is 4.86. The SMILES string of the molecule is O=C(Nc1ccccc1C(=O)N1CCN(Cc2ccc(OC(F)(F)F)cc2)CC1)c1ccsc1. The van der Waals surface area contributed by atoms with Crippen LogP contribution in [0.3, 0.4) is 0 Å². The lowest BCUT2D eigenvalue weighted by Gasteiger charge is -2.35. The number of hydrogen-bond acceptors (Lipinski definition) is 5. The van der Waals surface area contributed by atoms with Gasteiger partial charge in [0.1, 0.15) is 5.75 Å². The first kappa shape index (κ1) is 23.8. The van der Waals surface area contributed by atoms with Gasteiger partial charge in [-0.05, 0) is 41.3 Å². The highest BCUT2D eigenvalue weighted by Gasteiger charge is 2.31. The van der Waals surface area contributed by atoms with Crippen LogP contribution in [0.15, 0.2) is 65.4 Å². The minimum Gasteiger partial charge on any atom is -0.406 e. The van der Waals surface area contributed by atoms with Crippen LogP contribution in [0.2, 0.25) is 0 Å². The van der Waals surface area contributed by atoms with E-state index in [0.717, 1.165) is 5.56 Å². The van der Waals surface area contributed by atoms with Crippen LogP contribution in [0.25, 0.3) is 0 Å². The molecule has 0 unspecified atom stereocenters. The molecule has 1 fully saturated rings. The highest BCUT2D eigenvalue weighted by atomic mass is 32.1. The minimum absolute atomic E-state index is 0.158. The van der Waals surface area contributed by atoms with Gasteiger partial charge >= 0.3 is 6.36 Å². The van der Waals surface area contributed by atoms with Gasteiger partial charge in [0, 0.05) is 38.1 Å². The standard InChI is InChI=1S/C24H22F3N3O3S/c25-24(26,27)33-19-7-5-17(6-8-19)15-29-10-12-30(13-11-29)23(32)20-3-1-2-4-21(20)28-22(31)18-9-14-34-16-18/h1-9,14,16H,10-13,15H2,(H,28,31). The molecule has 1 N–H and O–H groups in total. The zero-order chi connectivity index (χ0) is 24.1. The number of para-hydroxylation sites is 1. The van der Waals surface area contributed by atoms with Crippen molar-refractivity contribution < 1.29 is 27.5 Å². The van der Waals surface area contributed by atoms with Crippen molar-refractivity contribution in [3.8, 4) is 5.75 Å². The van der Waals surface area contributed by atoms with Crippen LogP contribution in [-0.4, -0.2) is 54.2 Å². The number of nitrogens with one attached hydrogen (secondary N) is 1. The molecular formula is C24H22F3N3O3S. The van der Waals surface area contributed by atoms with Crippen molar-refractivity contribution in [2.45, 2.75) is 12.9 Å². The topological polar surface area (TPSA) is 61.9 Å². The number of hydrogen-bond donors (Lipinski definition) is 1. The third-order valence-corrected chi connectivity index (χ3v) is 6.09. The molecule has 10 heteroatoms. The zero-order valence-corrected chi connectivity index (χ0v) is 18.9. The van der Waals surface area contributed by atoms with Crippen molar-refractivity contribution in [3.63, 3.8) is 0 Å². The van der Waals surface area contributed by atoms with E-state index >= 15 is 0 Å². The number of thiophene rings is 1. The van der Waals surface area contributed by atoms with Gasteiger partial charge in [-0.3, -0.25) is 14.5 Å². The number of carbonyl (C=O) groups is 2. The zero-order valence-electron chi connectivity index (χ0n) is 18.0. The summed E-state index contributed by atoms with van der Waals surface area (Å²) < 4.78 is 40.8. The van der Waals surface area contributed by atoms with E-state index in [9.17, 15) is 22.8 Å². The number of carbonyl (C=O) groups excluding carboxylic acids is 2. The fourth-order valence-corrected chi connectivity index (χ4v) is 4.34. The summed E-state index contributed by atoms with van der Waals surface area (Å²) in [5.41, 5.74) is 2.29. The lowest BCUT2D eigenvalue weighted by Crippen LogP contribution is -2.48. The Hall–Kier alpha value is -3.37. The molecule has 0 radical (unpaired) electrons. The van der Waals surface area contributed by atoms with Crippen molar-refractivity contribution in [2.75, 3.05) is 31.5 Å². The quantitative estimate of drug-likeness (QED) is 0.538. The molecule has 1 aliphatic rings. The Bertz CT molecular complexity index is 1130. The van der Waals surface area contributed by atoms with Gasteiger partial charge in [0.15, 0.2) is 0 Å². The summed E-state index contributed by atoms with van der Waals surface area (Å²) in [5.74, 6) is -0.677. The Morgan fingerprint density at radius 3 is 2.32 bits per heavy atom. The second-order valence-electron chi connectivity index (χ2n) is 7.77. The molecular weight excluding hydrogens is 467 g/mol. The number of rotatable bonds is 6. The van der Waals surface area contributed by atoms with Crippen LogP contribution in [0, 0.1) is 0 Å². The normalized spacial score (nSPS) is 14.6. The number of piperazine rings is 1. The van der Waals surface area contributed by atoms with Crippen molar-refractivity contribution in [2.24, 2.45) is 0 Å². The van der Waals surface area contributed by atoms with Gasteiger partial charge in [-0.2, -0.15) is 11.3 Å². The van der Waals surface area contributed by atoms with Crippen molar-refractivity contribution >= 4 is 28.8 Å². The lowest BCUT2D eigenvalue weighted by molar-refractivity contribution is -0.274. The van der Waals surface area contributed by atoms with Gasteiger partial charge in [0.2, 0.25) is 0 Å². The minimum atomic E-state index is -4.71.